The number of carbonyl (C=O) groups is 1. The lowest BCUT2D eigenvalue weighted by Crippen LogP contribution is -2.26. The van der Waals surface area contributed by atoms with E-state index in [1.165, 1.54) is 30.4 Å². The molecule has 3 heterocycles. The van der Waals surface area contributed by atoms with Gasteiger partial charge in [0.1, 0.15) is 11.9 Å². The van der Waals surface area contributed by atoms with Crippen molar-refractivity contribution in [3.05, 3.63) is 88.2 Å². The van der Waals surface area contributed by atoms with Crippen molar-refractivity contribution in [2.45, 2.75) is 24.5 Å². The van der Waals surface area contributed by atoms with Crippen molar-refractivity contribution in [2.24, 2.45) is 0 Å². The summed E-state index contributed by atoms with van der Waals surface area (Å²) in [7, 11) is 0. The van der Waals surface area contributed by atoms with Gasteiger partial charge < -0.3 is 0 Å². The van der Waals surface area contributed by atoms with Gasteiger partial charge in [0.25, 0.3) is 5.56 Å². The molecular weight excluding hydrogens is 424 g/mol. The van der Waals surface area contributed by atoms with E-state index in [0.717, 1.165) is 5.56 Å². The van der Waals surface area contributed by atoms with Crippen molar-refractivity contribution in [2.75, 3.05) is 5.75 Å². The number of pyridine rings is 1. The number of hydrogen-bond acceptors (Lipinski definition) is 8. The summed E-state index contributed by atoms with van der Waals surface area (Å²) in [6, 6.07) is 15.1. The summed E-state index contributed by atoms with van der Waals surface area (Å²) >= 11 is 1.20. The molecule has 0 aliphatic heterocycles. The van der Waals surface area contributed by atoms with Gasteiger partial charge in [0.15, 0.2) is 16.3 Å². The van der Waals surface area contributed by atoms with Crippen LogP contribution in [0.2, 0.25) is 0 Å². The first kappa shape index (κ1) is 21.3. The molecule has 0 saturated heterocycles. The van der Waals surface area contributed by atoms with Gasteiger partial charge in [-0.2, -0.15) is 5.26 Å². The van der Waals surface area contributed by atoms with Crippen molar-refractivity contribution >= 4 is 28.7 Å². The van der Waals surface area contributed by atoms with Crippen LogP contribution in [0.5, 0.6) is 0 Å². The molecule has 4 aromatic rings. The lowest BCUT2D eigenvalue weighted by molar-refractivity contribution is -0.116. The van der Waals surface area contributed by atoms with Crippen molar-refractivity contribution in [1.29, 1.82) is 5.26 Å². The summed E-state index contributed by atoms with van der Waals surface area (Å²) in [5.74, 6) is 0.0703. The van der Waals surface area contributed by atoms with Crippen LogP contribution in [0.4, 0.5) is 0 Å². The minimum Gasteiger partial charge on any atom is -0.298 e. The number of aryl methyl sites for hydroxylation is 1. The van der Waals surface area contributed by atoms with Crippen LogP contribution in [0.15, 0.2) is 71.0 Å². The molecule has 0 saturated carbocycles. The number of rotatable bonds is 8. The highest BCUT2D eigenvalue weighted by Gasteiger charge is 2.15. The van der Waals surface area contributed by atoms with E-state index < -0.39 is 0 Å². The second kappa shape index (κ2) is 9.94. The number of carbonyl (C=O) groups excluding carboxylic acids is 1. The summed E-state index contributed by atoms with van der Waals surface area (Å²) in [6.07, 6.45) is 5.18. The van der Waals surface area contributed by atoms with Crippen LogP contribution in [0.25, 0.3) is 11.2 Å². The summed E-state index contributed by atoms with van der Waals surface area (Å²) in [5, 5.41) is 9.29. The van der Waals surface area contributed by atoms with Crippen LogP contribution in [0.1, 0.15) is 16.8 Å². The zero-order chi connectivity index (χ0) is 22.3. The third kappa shape index (κ3) is 5.04. The quantitative estimate of drug-likeness (QED) is 0.302. The SMILES string of the molecule is N#Cc1ccc(CC(=O)CSc2nc3nccnc3c(=O)n2CCc2ccccc2)nc1. The average molecular weight is 443 g/mol. The molecule has 0 amide bonds. The van der Waals surface area contributed by atoms with E-state index in [1.54, 1.807) is 16.7 Å². The predicted molar refractivity (Wildman–Crippen MR) is 120 cm³/mol. The first-order valence-electron chi connectivity index (χ1n) is 9.89. The molecule has 0 spiro atoms. The number of thioether (sulfide) groups is 1. The van der Waals surface area contributed by atoms with Crippen LogP contribution in [0, 0.1) is 11.3 Å². The van der Waals surface area contributed by atoms with Gasteiger partial charge in [-0.1, -0.05) is 42.1 Å². The number of hydrogen-bond donors (Lipinski definition) is 0. The number of nitrogens with zero attached hydrogens (tertiary/aromatic N) is 6. The lowest BCUT2D eigenvalue weighted by atomic mass is 10.1. The molecular formula is C23H18N6O2S. The highest BCUT2D eigenvalue weighted by Crippen LogP contribution is 2.18. The van der Waals surface area contributed by atoms with E-state index in [9.17, 15) is 9.59 Å². The number of benzene rings is 1. The van der Waals surface area contributed by atoms with E-state index in [0.29, 0.717) is 29.4 Å². The Labute approximate surface area is 188 Å². The number of ketones is 1. The number of nitriles is 1. The molecule has 158 valence electrons. The summed E-state index contributed by atoms with van der Waals surface area (Å²) in [6.45, 7) is 0.413. The molecule has 4 rings (SSSR count). The second-order valence-corrected chi connectivity index (χ2v) is 7.91. The van der Waals surface area contributed by atoms with Crippen molar-refractivity contribution in [3.8, 4) is 6.07 Å². The van der Waals surface area contributed by atoms with Crippen molar-refractivity contribution in [3.63, 3.8) is 0 Å². The Hall–Kier alpha value is -3.90. The second-order valence-electron chi connectivity index (χ2n) is 6.97. The molecule has 0 bridgehead atoms. The Balaban J connectivity index is 1.53. The molecule has 32 heavy (non-hydrogen) atoms. The van der Waals surface area contributed by atoms with E-state index >= 15 is 0 Å². The molecule has 0 radical (unpaired) electrons. The minimum absolute atomic E-state index is 0.0599. The molecule has 8 nitrogen and oxygen atoms in total. The summed E-state index contributed by atoms with van der Waals surface area (Å²) in [5.41, 5.74) is 2.32. The van der Waals surface area contributed by atoms with Gasteiger partial charge in [-0.15, -0.1) is 0 Å². The highest BCUT2D eigenvalue weighted by atomic mass is 32.2. The molecule has 0 fully saturated rings. The van der Waals surface area contributed by atoms with Crippen molar-refractivity contribution < 1.29 is 4.79 Å². The molecule has 0 unspecified atom stereocenters. The zero-order valence-corrected chi connectivity index (χ0v) is 17.8. The maximum absolute atomic E-state index is 13.1. The number of aromatic nitrogens is 5. The van der Waals surface area contributed by atoms with Crippen LogP contribution in [0.3, 0.4) is 0 Å². The largest absolute Gasteiger partial charge is 0.298 e. The fourth-order valence-electron chi connectivity index (χ4n) is 3.12. The Morgan fingerprint density at radius 1 is 1.06 bits per heavy atom. The first-order valence-corrected chi connectivity index (χ1v) is 10.9. The Bertz CT molecular complexity index is 1350. The molecule has 0 aliphatic rings. The number of fused-ring (bicyclic) bond motifs is 1. The van der Waals surface area contributed by atoms with Crippen LogP contribution < -0.4 is 5.56 Å². The molecule has 0 N–H and O–H groups in total. The van der Waals surface area contributed by atoms with Crippen molar-refractivity contribution in [1.82, 2.24) is 24.5 Å². The molecule has 3 aromatic heterocycles. The van der Waals surface area contributed by atoms with E-state index in [2.05, 4.69) is 19.9 Å². The number of Topliss-reactive ketones (excluding diaryl/α,β-unsaturated/α-hetero) is 1. The van der Waals surface area contributed by atoms with Crippen LogP contribution in [-0.4, -0.2) is 36.0 Å². The molecule has 0 aliphatic carbocycles. The van der Waals surface area contributed by atoms with E-state index in [-0.39, 0.29) is 34.7 Å². The zero-order valence-electron chi connectivity index (χ0n) is 17.0. The monoisotopic (exact) mass is 442 g/mol. The fourth-order valence-corrected chi connectivity index (χ4v) is 3.99. The third-order valence-corrected chi connectivity index (χ3v) is 5.76. The van der Waals surface area contributed by atoms with E-state index in [1.807, 2.05) is 36.4 Å². The molecule has 9 heteroatoms. The topological polar surface area (TPSA) is 114 Å². The summed E-state index contributed by atoms with van der Waals surface area (Å²) < 4.78 is 1.56. The van der Waals surface area contributed by atoms with Gasteiger partial charge in [0.05, 0.1) is 11.3 Å². The molecule has 1 aromatic carbocycles. The minimum atomic E-state index is -0.275. The average Bonchev–Trinajstić information content (AvgIpc) is 2.83. The predicted octanol–water partition coefficient (Wildman–Crippen LogP) is 2.60. The normalized spacial score (nSPS) is 10.7. The Morgan fingerprint density at radius 2 is 1.88 bits per heavy atom. The van der Waals surface area contributed by atoms with Gasteiger partial charge in [0.2, 0.25) is 0 Å². The van der Waals surface area contributed by atoms with Gasteiger partial charge in [-0.3, -0.25) is 19.1 Å². The van der Waals surface area contributed by atoms with Crippen LogP contribution >= 0.6 is 11.8 Å². The third-order valence-electron chi connectivity index (χ3n) is 4.72. The Morgan fingerprint density at radius 3 is 2.62 bits per heavy atom. The van der Waals surface area contributed by atoms with Gasteiger partial charge in [-0.25, -0.2) is 15.0 Å². The first-order chi connectivity index (χ1) is 15.6. The van der Waals surface area contributed by atoms with Gasteiger partial charge in [0, 0.05) is 37.3 Å². The maximum Gasteiger partial charge on any atom is 0.282 e. The maximum atomic E-state index is 13.1. The van der Waals surface area contributed by atoms with Gasteiger partial charge >= 0.3 is 0 Å². The van der Waals surface area contributed by atoms with Crippen LogP contribution in [-0.2, 0) is 24.2 Å². The lowest BCUT2D eigenvalue weighted by Gasteiger charge is -2.12. The van der Waals surface area contributed by atoms with Gasteiger partial charge in [-0.05, 0) is 24.1 Å². The Kier molecular flexibility index (Phi) is 6.63. The fraction of sp³-hybridized carbons (Fsp3) is 0.174. The smallest absolute Gasteiger partial charge is 0.282 e. The van der Waals surface area contributed by atoms with E-state index in [4.69, 9.17) is 5.26 Å². The highest BCUT2D eigenvalue weighted by molar-refractivity contribution is 7.99. The standard InChI is InChI=1S/C23H18N6O2S/c24-13-17-6-7-18(27-14-17)12-19(30)15-32-23-28-21-20(25-9-10-26-21)22(31)29(23)11-8-16-4-2-1-3-5-16/h1-7,9-10,14H,8,11-12,15H2. The molecule has 0 atom stereocenters. The summed E-state index contributed by atoms with van der Waals surface area (Å²) in [4.78, 5) is 42.5.